The number of para-hydroxylation sites is 1. The molecule has 0 unspecified atom stereocenters. The number of hydrogen-bond acceptors (Lipinski definition) is 6. The summed E-state index contributed by atoms with van der Waals surface area (Å²) in [6, 6.07) is 13.6. The number of carbonyl (C=O) groups excluding carboxylic acids is 2. The molecule has 31 heavy (non-hydrogen) atoms. The van der Waals surface area contributed by atoms with E-state index in [1.807, 2.05) is 0 Å². The Bertz CT molecular complexity index is 1150. The van der Waals surface area contributed by atoms with E-state index in [9.17, 15) is 14.4 Å². The fraction of sp³-hybridized carbons (Fsp3) is 0.190. The lowest BCUT2D eigenvalue weighted by Crippen LogP contribution is -2.20. The SMILES string of the molecule is CC(C)C(=O)Nc1ccccc1-c1nnc(SCC(=O)Nc2ccc(Cl)cc2)[nH]c1=O. The van der Waals surface area contributed by atoms with Crippen molar-refractivity contribution >= 4 is 46.6 Å². The molecule has 3 N–H and O–H groups in total. The van der Waals surface area contributed by atoms with Gasteiger partial charge in [-0.05, 0) is 30.3 Å². The Morgan fingerprint density at radius 1 is 1.06 bits per heavy atom. The zero-order valence-corrected chi connectivity index (χ0v) is 18.4. The van der Waals surface area contributed by atoms with Crippen molar-refractivity contribution in [1.82, 2.24) is 15.2 Å². The van der Waals surface area contributed by atoms with Crippen molar-refractivity contribution in [3.05, 3.63) is 63.9 Å². The third-order valence-electron chi connectivity index (χ3n) is 4.11. The summed E-state index contributed by atoms with van der Waals surface area (Å²) in [5, 5.41) is 14.3. The van der Waals surface area contributed by atoms with Crippen LogP contribution in [0.25, 0.3) is 11.3 Å². The van der Waals surface area contributed by atoms with E-state index in [2.05, 4.69) is 25.8 Å². The first-order valence-electron chi connectivity index (χ1n) is 9.39. The van der Waals surface area contributed by atoms with Crippen molar-refractivity contribution < 1.29 is 9.59 Å². The Morgan fingerprint density at radius 2 is 1.77 bits per heavy atom. The number of rotatable bonds is 7. The topological polar surface area (TPSA) is 117 Å². The smallest absolute Gasteiger partial charge is 0.278 e. The predicted octanol–water partition coefficient (Wildman–Crippen LogP) is 3.81. The van der Waals surface area contributed by atoms with Crippen LogP contribution in [-0.4, -0.2) is 32.7 Å². The van der Waals surface area contributed by atoms with E-state index in [1.54, 1.807) is 62.4 Å². The number of H-pyrrole nitrogens is 1. The number of nitrogens with one attached hydrogen (secondary N) is 3. The molecule has 1 heterocycles. The minimum Gasteiger partial charge on any atom is -0.325 e. The Labute approximate surface area is 187 Å². The minimum atomic E-state index is -0.471. The Balaban J connectivity index is 1.69. The standard InChI is InChI=1S/C21H20ClN5O3S/c1-12(2)19(29)24-16-6-4-3-5-15(16)18-20(30)25-21(27-26-18)31-11-17(28)23-14-9-7-13(22)8-10-14/h3-10,12H,11H2,1-2H3,(H,23,28)(H,24,29)(H,25,27,30). The molecule has 0 saturated heterocycles. The van der Waals surface area contributed by atoms with Crippen molar-refractivity contribution in [2.75, 3.05) is 16.4 Å². The molecule has 8 nitrogen and oxygen atoms in total. The number of thioether (sulfide) groups is 1. The second-order valence-electron chi connectivity index (χ2n) is 6.84. The molecule has 0 fully saturated rings. The fourth-order valence-corrected chi connectivity index (χ4v) is 3.23. The highest BCUT2D eigenvalue weighted by Crippen LogP contribution is 2.24. The van der Waals surface area contributed by atoms with Crippen molar-refractivity contribution in [3.8, 4) is 11.3 Å². The molecule has 2 aromatic carbocycles. The van der Waals surface area contributed by atoms with Crippen LogP contribution in [-0.2, 0) is 9.59 Å². The highest BCUT2D eigenvalue weighted by atomic mass is 35.5. The summed E-state index contributed by atoms with van der Waals surface area (Å²) < 4.78 is 0. The van der Waals surface area contributed by atoms with Crippen molar-refractivity contribution in [1.29, 1.82) is 0 Å². The zero-order valence-electron chi connectivity index (χ0n) is 16.8. The molecule has 0 radical (unpaired) electrons. The first-order chi connectivity index (χ1) is 14.8. The van der Waals surface area contributed by atoms with Gasteiger partial charge in [0, 0.05) is 22.2 Å². The van der Waals surface area contributed by atoms with E-state index in [0.29, 0.717) is 22.0 Å². The highest BCUT2D eigenvalue weighted by Gasteiger charge is 2.15. The van der Waals surface area contributed by atoms with Gasteiger partial charge in [0.15, 0.2) is 10.9 Å². The average Bonchev–Trinajstić information content (AvgIpc) is 2.74. The molecule has 0 aliphatic carbocycles. The molecule has 10 heteroatoms. The summed E-state index contributed by atoms with van der Waals surface area (Å²) in [6.07, 6.45) is 0. The number of halogens is 1. The van der Waals surface area contributed by atoms with Gasteiger partial charge in [0.1, 0.15) is 0 Å². The number of benzene rings is 2. The molecule has 1 aromatic heterocycles. The molecule has 0 atom stereocenters. The normalized spacial score (nSPS) is 10.7. The molecule has 0 bridgehead atoms. The largest absolute Gasteiger partial charge is 0.325 e. The van der Waals surface area contributed by atoms with Crippen LogP contribution in [0.1, 0.15) is 13.8 Å². The van der Waals surface area contributed by atoms with Crippen LogP contribution in [0.4, 0.5) is 11.4 Å². The second kappa shape index (κ2) is 10.2. The van der Waals surface area contributed by atoms with E-state index in [-0.39, 0.29) is 34.3 Å². The van der Waals surface area contributed by atoms with Gasteiger partial charge in [-0.3, -0.25) is 19.4 Å². The maximum absolute atomic E-state index is 12.6. The highest BCUT2D eigenvalue weighted by molar-refractivity contribution is 7.99. The second-order valence-corrected chi connectivity index (χ2v) is 8.24. The minimum absolute atomic E-state index is 0.0353. The summed E-state index contributed by atoms with van der Waals surface area (Å²) in [4.78, 5) is 39.4. The number of nitrogens with zero attached hydrogens (tertiary/aromatic N) is 2. The van der Waals surface area contributed by atoms with Gasteiger partial charge in [-0.15, -0.1) is 10.2 Å². The lowest BCUT2D eigenvalue weighted by molar-refractivity contribution is -0.119. The van der Waals surface area contributed by atoms with Crippen LogP contribution in [0.2, 0.25) is 5.02 Å². The van der Waals surface area contributed by atoms with E-state index in [1.165, 1.54) is 0 Å². The molecular weight excluding hydrogens is 438 g/mol. The molecule has 3 rings (SSSR count). The number of carbonyl (C=O) groups is 2. The Kier molecular flexibility index (Phi) is 7.43. The maximum Gasteiger partial charge on any atom is 0.278 e. The third kappa shape index (κ3) is 6.16. The number of aromatic amines is 1. The summed E-state index contributed by atoms with van der Waals surface area (Å²) in [5.41, 5.74) is 1.16. The van der Waals surface area contributed by atoms with Crippen molar-refractivity contribution in [2.45, 2.75) is 19.0 Å². The summed E-state index contributed by atoms with van der Waals surface area (Å²) in [6.45, 7) is 3.55. The van der Waals surface area contributed by atoms with Crippen LogP contribution in [0.15, 0.2) is 58.5 Å². The number of hydrogen-bond donors (Lipinski definition) is 3. The summed E-state index contributed by atoms with van der Waals surface area (Å²) >= 11 is 6.87. The molecule has 3 aromatic rings. The first-order valence-corrected chi connectivity index (χ1v) is 10.8. The first kappa shape index (κ1) is 22.5. The monoisotopic (exact) mass is 457 g/mol. The molecular formula is C21H20ClN5O3S. The molecule has 0 spiro atoms. The van der Waals surface area contributed by atoms with Crippen LogP contribution in [0.3, 0.4) is 0 Å². The van der Waals surface area contributed by atoms with E-state index in [0.717, 1.165) is 11.8 Å². The number of aromatic nitrogens is 3. The quantitative estimate of drug-likeness (QED) is 0.464. The van der Waals surface area contributed by atoms with Gasteiger partial charge >= 0.3 is 0 Å². The van der Waals surface area contributed by atoms with E-state index in [4.69, 9.17) is 11.6 Å². The molecule has 2 amide bonds. The number of anilines is 2. The van der Waals surface area contributed by atoms with Crippen LogP contribution < -0.4 is 16.2 Å². The van der Waals surface area contributed by atoms with Crippen LogP contribution >= 0.6 is 23.4 Å². The number of amides is 2. The van der Waals surface area contributed by atoms with Crippen LogP contribution in [0, 0.1) is 5.92 Å². The summed E-state index contributed by atoms with van der Waals surface area (Å²) in [7, 11) is 0. The predicted molar refractivity (Wildman–Crippen MR) is 122 cm³/mol. The zero-order chi connectivity index (χ0) is 22.4. The molecule has 0 saturated carbocycles. The Hall–Kier alpha value is -3.17. The third-order valence-corrected chi connectivity index (χ3v) is 5.22. The van der Waals surface area contributed by atoms with Crippen LogP contribution in [0.5, 0.6) is 0 Å². The molecule has 0 aliphatic rings. The average molecular weight is 458 g/mol. The molecule has 0 aliphatic heterocycles. The van der Waals surface area contributed by atoms with Gasteiger partial charge in [-0.2, -0.15) is 0 Å². The van der Waals surface area contributed by atoms with Crippen molar-refractivity contribution in [3.63, 3.8) is 0 Å². The van der Waals surface area contributed by atoms with Gasteiger partial charge in [0.25, 0.3) is 5.56 Å². The summed E-state index contributed by atoms with van der Waals surface area (Å²) in [5.74, 6) is -0.611. The van der Waals surface area contributed by atoms with E-state index >= 15 is 0 Å². The molecule has 160 valence electrons. The van der Waals surface area contributed by atoms with Gasteiger partial charge in [0.2, 0.25) is 11.8 Å². The Morgan fingerprint density at radius 3 is 2.45 bits per heavy atom. The lowest BCUT2D eigenvalue weighted by Gasteiger charge is -2.11. The van der Waals surface area contributed by atoms with Gasteiger partial charge in [-0.25, -0.2) is 0 Å². The maximum atomic E-state index is 12.6. The fourth-order valence-electron chi connectivity index (χ4n) is 2.50. The van der Waals surface area contributed by atoms with Gasteiger partial charge in [0.05, 0.1) is 11.4 Å². The lowest BCUT2D eigenvalue weighted by atomic mass is 10.1. The van der Waals surface area contributed by atoms with Gasteiger partial charge in [-0.1, -0.05) is 55.4 Å². The van der Waals surface area contributed by atoms with Crippen molar-refractivity contribution in [2.24, 2.45) is 5.92 Å². The van der Waals surface area contributed by atoms with Gasteiger partial charge < -0.3 is 10.6 Å². The van der Waals surface area contributed by atoms with E-state index < -0.39 is 5.56 Å².